The topological polar surface area (TPSA) is 41.8 Å². The van der Waals surface area contributed by atoms with Gasteiger partial charge >= 0.3 is 0 Å². The van der Waals surface area contributed by atoms with Gasteiger partial charge in [0.25, 0.3) is 0 Å². The molecule has 0 atom stereocenters. The van der Waals surface area contributed by atoms with Gasteiger partial charge in [0.15, 0.2) is 5.17 Å². The minimum Gasteiger partial charge on any atom is -0.496 e. The highest BCUT2D eigenvalue weighted by molar-refractivity contribution is 9.10. The SMILES string of the molecule is COc1ccc(Br)cc1C(Cl)=NO. The van der Waals surface area contributed by atoms with Gasteiger partial charge < -0.3 is 9.94 Å². The smallest absolute Gasteiger partial charge is 0.179 e. The van der Waals surface area contributed by atoms with Crippen molar-refractivity contribution in [2.24, 2.45) is 5.16 Å². The Bertz CT molecular complexity index is 341. The van der Waals surface area contributed by atoms with E-state index < -0.39 is 0 Å². The Labute approximate surface area is 89.1 Å². The average Bonchev–Trinajstić information content (AvgIpc) is 2.16. The van der Waals surface area contributed by atoms with E-state index in [4.69, 9.17) is 21.5 Å². The van der Waals surface area contributed by atoms with Crippen LogP contribution in [0.1, 0.15) is 5.56 Å². The van der Waals surface area contributed by atoms with E-state index >= 15 is 0 Å². The van der Waals surface area contributed by atoms with Crippen LogP contribution in [-0.4, -0.2) is 17.5 Å². The molecular formula is C8H7BrClNO2. The van der Waals surface area contributed by atoms with Crippen molar-refractivity contribution in [1.82, 2.24) is 0 Å². The summed E-state index contributed by atoms with van der Waals surface area (Å²) in [6.45, 7) is 0. The second kappa shape index (κ2) is 4.48. The predicted octanol–water partition coefficient (Wildman–Crippen LogP) is 2.83. The standard InChI is InChI=1S/C8H7BrClNO2/c1-13-7-3-2-5(9)4-6(7)8(10)11-12/h2-4,12H,1H3. The van der Waals surface area contributed by atoms with Gasteiger partial charge in [-0.3, -0.25) is 0 Å². The number of oxime groups is 1. The van der Waals surface area contributed by atoms with Gasteiger partial charge in [-0.15, -0.1) is 0 Å². The molecule has 5 heteroatoms. The van der Waals surface area contributed by atoms with Crippen LogP contribution in [0.3, 0.4) is 0 Å². The van der Waals surface area contributed by atoms with E-state index in [1.807, 2.05) is 6.07 Å². The fraction of sp³-hybridized carbons (Fsp3) is 0.125. The van der Waals surface area contributed by atoms with Crippen LogP contribution in [0.5, 0.6) is 5.75 Å². The number of methoxy groups -OCH3 is 1. The quantitative estimate of drug-likeness (QED) is 0.507. The van der Waals surface area contributed by atoms with Gasteiger partial charge in [0, 0.05) is 4.47 Å². The Morgan fingerprint density at radius 2 is 2.31 bits per heavy atom. The minimum atomic E-state index is -0.00171. The highest BCUT2D eigenvalue weighted by Crippen LogP contribution is 2.24. The molecule has 13 heavy (non-hydrogen) atoms. The van der Waals surface area contributed by atoms with E-state index in [0.717, 1.165) is 4.47 Å². The second-order valence-electron chi connectivity index (χ2n) is 2.24. The number of ether oxygens (including phenoxy) is 1. The molecule has 1 aromatic rings. The Balaban J connectivity index is 3.23. The van der Waals surface area contributed by atoms with E-state index in [2.05, 4.69) is 21.1 Å². The molecule has 0 spiro atoms. The summed E-state index contributed by atoms with van der Waals surface area (Å²) in [5, 5.41) is 11.4. The summed E-state index contributed by atoms with van der Waals surface area (Å²) >= 11 is 8.92. The van der Waals surface area contributed by atoms with Crippen molar-refractivity contribution in [3.8, 4) is 5.75 Å². The first-order valence-corrected chi connectivity index (χ1v) is 4.57. The third kappa shape index (κ3) is 2.35. The maximum absolute atomic E-state index is 8.48. The molecule has 0 amide bonds. The minimum absolute atomic E-state index is 0.00171. The molecule has 70 valence electrons. The molecule has 0 bridgehead atoms. The van der Waals surface area contributed by atoms with Crippen LogP contribution in [0, 0.1) is 0 Å². The molecule has 0 unspecified atom stereocenters. The molecule has 1 N–H and O–H groups in total. The zero-order valence-corrected chi connectivity index (χ0v) is 9.13. The second-order valence-corrected chi connectivity index (χ2v) is 3.51. The van der Waals surface area contributed by atoms with Crippen molar-refractivity contribution in [2.45, 2.75) is 0 Å². The normalized spacial score (nSPS) is 11.5. The van der Waals surface area contributed by atoms with Gasteiger partial charge in [-0.2, -0.15) is 0 Å². The zero-order chi connectivity index (χ0) is 9.84. The molecule has 0 aliphatic heterocycles. The van der Waals surface area contributed by atoms with Crippen molar-refractivity contribution < 1.29 is 9.94 Å². The van der Waals surface area contributed by atoms with Crippen molar-refractivity contribution in [1.29, 1.82) is 0 Å². The van der Waals surface area contributed by atoms with Gasteiger partial charge in [0.2, 0.25) is 0 Å². The van der Waals surface area contributed by atoms with E-state index in [1.54, 1.807) is 12.1 Å². The highest BCUT2D eigenvalue weighted by Gasteiger charge is 2.08. The maximum Gasteiger partial charge on any atom is 0.179 e. The number of rotatable bonds is 2. The van der Waals surface area contributed by atoms with Crippen LogP contribution in [0.4, 0.5) is 0 Å². The molecule has 1 aromatic carbocycles. The lowest BCUT2D eigenvalue weighted by Crippen LogP contribution is -1.96. The molecule has 0 saturated carbocycles. The molecule has 0 aliphatic carbocycles. The fourth-order valence-electron chi connectivity index (χ4n) is 0.895. The summed E-state index contributed by atoms with van der Waals surface area (Å²) in [5.74, 6) is 0.561. The molecular weight excluding hydrogens is 257 g/mol. The Morgan fingerprint density at radius 1 is 1.62 bits per heavy atom. The highest BCUT2D eigenvalue weighted by atomic mass is 79.9. The van der Waals surface area contributed by atoms with E-state index in [1.165, 1.54) is 7.11 Å². The fourth-order valence-corrected chi connectivity index (χ4v) is 1.40. The molecule has 0 aliphatic rings. The number of benzene rings is 1. The van der Waals surface area contributed by atoms with E-state index in [9.17, 15) is 0 Å². The van der Waals surface area contributed by atoms with Gasteiger partial charge in [-0.05, 0) is 18.2 Å². The van der Waals surface area contributed by atoms with Crippen LogP contribution in [0.2, 0.25) is 0 Å². The molecule has 0 saturated heterocycles. The summed E-state index contributed by atoms with van der Waals surface area (Å²) in [7, 11) is 1.52. The van der Waals surface area contributed by atoms with Crippen LogP contribution in [0.15, 0.2) is 27.8 Å². The van der Waals surface area contributed by atoms with E-state index in [-0.39, 0.29) is 5.17 Å². The summed E-state index contributed by atoms with van der Waals surface area (Å²) in [6.07, 6.45) is 0. The summed E-state index contributed by atoms with van der Waals surface area (Å²) in [6, 6.07) is 5.25. The zero-order valence-electron chi connectivity index (χ0n) is 6.79. The lowest BCUT2D eigenvalue weighted by Gasteiger charge is -2.05. The van der Waals surface area contributed by atoms with Crippen molar-refractivity contribution in [2.75, 3.05) is 7.11 Å². The Kier molecular flexibility index (Phi) is 3.57. The molecule has 0 fully saturated rings. The number of nitrogens with zero attached hydrogens (tertiary/aromatic N) is 1. The van der Waals surface area contributed by atoms with Crippen molar-refractivity contribution in [3.05, 3.63) is 28.2 Å². The first-order chi connectivity index (χ1) is 6.19. The van der Waals surface area contributed by atoms with Gasteiger partial charge in [-0.25, -0.2) is 0 Å². The molecule has 0 aromatic heterocycles. The van der Waals surface area contributed by atoms with Crippen LogP contribution in [-0.2, 0) is 0 Å². The van der Waals surface area contributed by atoms with Crippen molar-refractivity contribution in [3.63, 3.8) is 0 Å². The summed E-state index contributed by atoms with van der Waals surface area (Å²) in [5.41, 5.74) is 0.543. The first kappa shape index (κ1) is 10.3. The van der Waals surface area contributed by atoms with Gasteiger partial charge in [0.1, 0.15) is 5.75 Å². The van der Waals surface area contributed by atoms with Crippen LogP contribution < -0.4 is 4.74 Å². The van der Waals surface area contributed by atoms with E-state index in [0.29, 0.717) is 11.3 Å². The monoisotopic (exact) mass is 263 g/mol. The first-order valence-electron chi connectivity index (χ1n) is 3.40. The third-order valence-electron chi connectivity index (χ3n) is 1.47. The Morgan fingerprint density at radius 3 is 2.85 bits per heavy atom. The number of hydrogen-bond acceptors (Lipinski definition) is 3. The van der Waals surface area contributed by atoms with Crippen LogP contribution >= 0.6 is 27.5 Å². The Hall–Kier alpha value is -0.740. The van der Waals surface area contributed by atoms with Crippen molar-refractivity contribution >= 4 is 32.7 Å². The van der Waals surface area contributed by atoms with Gasteiger partial charge in [0.05, 0.1) is 12.7 Å². The average molecular weight is 265 g/mol. The lowest BCUT2D eigenvalue weighted by molar-refractivity contribution is 0.320. The largest absolute Gasteiger partial charge is 0.496 e. The third-order valence-corrected chi connectivity index (χ3v) is 2.24. The number of hydrogen-bond donors (Lipinski definition) is 1. The summed E-state index contributed by atoms with van der Waals surface area (Å²) < 4.78 is 5.86. The molecule has 0 radical (unpaired) electrons. The summed E-state index contributed by atoms with van der Waals surface area (Å²) in [4.78, 5) is 0. The lowest BCUT2D eigenvalue weighted by atomic mass is 10.2. The molecule has 0 heterocycles. The maximum atomic E-state index is 8.48. The van der Waals surface area contributed by atoms with Crippen LogP contribution in [0.25, 0.3) is 0 Å². The number of halogens is 2. The molecule has 3 nitrogen and oxygen atoms in total. The molecule has 1 rings (SSSR count). The van der Waals surface area contributed by atoms with Gasteiger partial charge in [-0.1, -0.05) is 32.7 Å². The predicted molar refractivity (Wildman–Crippen MR) is 54.9 cm³/mol.